The molecule has 1 aliphatic carbocycles. The van der Waals surface area contributed by atoms with E-state index in [0.29, 0.717) is 11.8 Å². The Kier molecular flexibility index (Phi) is 6.97. The van der Waals surface area contributed by atoms with E-state index in [1.165, 1.54) is 7.05 Å². The largest absolute Gasteiger partial charge is 0.484 e. The number of hydrogen-bond acceptors (Lipinski definition) is 5. The van der Waals surface area contributed by atoms with Gasteiger partial charge in [-0.3, -0.25) is 20.2 Å². The average Bonchev–Trinajstić information content (AvgIpc) is 3.44. The molecule has 0 aromatic heterocycles. The fraction of sp³-hybridized carbons (Fsp3) is 0.500. The maximum Gasteiger partial charge on any atom is 0.321 e. The van der Waals surface area contributed by atoms with Gasteiger partial charge in [0, 0.05) is 19.1 Å². The Morgan fingerprint density at radius 2 is 1.81 bits per heavy atom. The average molecular weight is 362 g/mol. The van der Waals surface area contributed by atoms with Crippen molar-refractivity contribution in [3.05, 3.63) is 29.8 Å². The lowest BCUT2D eigenvalue weighted by molar-refractivity contribution is -0.123. The number of imide groups is 1. The molecule has 0 spiro atoms. The second-order valence-electron chi connectivity index (χ2n) is 6.38. The summed E-state index contributed by atoms with van der Waals surface area (Å²) in [5.41, 5.74) is 0.958. The maximum absolute atomic E-state index is 11.9. The minimum absolute atomic E-state index is 0.000345. The highest BCUT2D eigenvalue weighted by atomic mass is 16.5. The lowest BCUT2D eigenvalue weighted by Gasteiger charge is -2.20. The van der Waals surface area contributed by atoms with Crippen molar-refractivity contribution in [3.8, 4) is 5.75 Å². The molecule has 0 aliphatic heterocycles. The molecule has 2 rings (SSSR count). The van der Waals surface area contributed by atoms with E-state index in [0.717, 1.165) is 18.4 Å². The number of ether oxygens (including phenoxy) is 1. The molecule has 1 aromatic rings. The van der Waals surface area contributed by atoms with Crippen LogP contribution in [-0.2, 0) is 9.59 Å². The molecule has 4 N–H and O–H groups in total. The number of carbonyl (C=O) groups is 3. The molecular weight excluding hydrogens is 336 g/mol. The van der Waals surface area contributed by atoms with Gasteiger partial charge in [-0.15, -0.1) is 0 Å². The Hall–Kier alpha value is -2.61. The molecular formula is C18H26N4O4. The molecule has 1 fully saturated rings. The molecule has 1 aromatic carbocycles. The normalized spacial score (nSPS) is 15.5. The van der Waals surface area contributed by atoms with Crippen LogP contribution in [0.3, 0.4) is 0 Å². The van der Waals surface area contributed by atoms with Crippen molar-refractivity contribution >= 4 is 17.8 Å². The number of hydrogen-bond donors (Lipinski definition) is 4. The van der Waals surface area contributed by atoms with Crippen molar-refractivity contribution in [3.63, 3.8) is 0 Å². The second-order valence-corrected chi connectivity index (χ2v) is 6.38. The third-order valence-electron chi connectivity index (χ3n) is 4.05. The highest BCUT2D eigenvalue weighted by molar-refractivity contribution is 5.96. The van der Waals surface area contributed by atoms with Gasteiger partial charge in [-0.1, -0.05) is 12.1 Å². The number of carbonyl (C=O) groups excluding carboxylic acids is 3. The molecule has 2 atom stereocenters. The van der Waals surface area contributed by atoms with E-state index >= 15 is 0 Å². The van der Waals surface area contributed by atoms with Gasteiger partial charge in [0.1, 0.15) is 5.75 Å². The number of benzene rings is 1. The van der Waals surface area contributed by atoms with Crippen molar-refractivity contribution in [1.82, 2.24) is 21.3 Å². The predicted molar refractivity (Wildman–Crippen MR) is 96.7 cm³/mol. The van der Waals surface area contributed by atoms with Gasteiger partial charge in [0.2, 0.25) is 5.91 Å². The van der Waals surface area contributed by atoms with Crippen LogP contribution >= 0.6 is 0 Å². The Balaban J connectivity index is 1.79. The third-order valence-corrected chi connectivity index (χ3v) is 4.05. The summed E-state index contributed by atoms with van der Waals surface area (Å²) in [6.07, 6.45) is 2.09. The zero-order valence-corrected chi connectivity index (χ0v) is 15.3. The first-order valence-corrected chi connectivity index (χ1v) is 8.69. The minimum atomic E-state index is -0.538. The SMILES string of the molecule is CNC(=O)NC(=O)[C@@H](C)N[C@@H](C)c1ccc(OCC(=O)NC2CC2)cc1. The van der Waals surface area contributed by atoms with Gasteiger partial charge >= 0.3 is 6.03 Å². The van der Waals surface area contributed by atoms with Crippen LogP contribution in [0.15, 0.2) is 24.3 Å². The van der Waals surface area contributed by atoms with Crippen LogP contribution in [0.1, 0.15) is 38.3 Å². The zero-order valence-electron chi connectivity index (χ0n) is 15.3. The number of nitrogens with one attached hydrogen (secondary N) is 4. The Labute approximate surface area is 153 Å². The van der Waals surface area contributed by atoms with Gasteiger partial charge in [-0.2, -0.15) is 0 Å². The zero-order chi connectivity index (χ0) is 19.1. The molecule has 0 heterocycles. The highest BCUT2D eigenvalue weighted by Gasteiger charge is 2.23. The van der Waals surface area contributed by atoms with Gasteiger partial charge in [-0.05, 0) is 44.4 Å². The van der Waals surface area contributed by atoms with Crippen LogP contribution < -0.4 is 26.0 Å². The smallest absolute Gasteiger partial charge is 0.321 e. The van der Waals surface area contributed by atoms with E-state index in [2.05, 4.69) is 21.3 Å². The predicted octanol–water partition coefficient (Wildman–Crippen LogP) is 0.839. The van der Waals surface area contributed by atoms with Gasteiger partial charge in [-0.25, -0.2) is 4.79 Å². The molecule has 26 heavy (non-hydrogen) atoms. The molecule has 0 bridgehead atoms. The van der Waals surface area contributed by atoms with Crippen molar-refractivity contribution in [2.75, 3.05) is 13.7 Å². The molecule has 0 radical (unpaired) electrons. The quantitative estimate of drug-likeness (QED) is 0.548. The summed E-state index contributed by atoms with van der Waals surface area (Å²) in [6.45, 7) is 3.60. The fourth-order valence-electron chi connectivity index (χ4n) is 2.33. The molecule has 4 amide bonds. The molecule has 0 unspecified atom stereocenters. The summed E-state index contributed by atoms with van der Waals surface area (Å²) in [7, 11) is 1.45. The Morgan fingerprint density at radius 3 is 2.38 bits per heavy atom. The van der Waals surface area contributed by atoms with Crippen LogP contribution in [0, 0.1) is 0 Å². The van der Waals surface area contributed by atoms with E-state index in [1.807, 2.05) is 19.1 Å². The summed E-state index contributed by atoms with van der Waals surface area (Å²) in [5.74, 6) is 0.0951. The standard InChI is InChI=1S/C18H26N4O4/c1-11(20-12(2)17(24)22-18(25)19-3)13-4-8-15(9-5-13)26-10-16(23)21-14-6-7-14/h4-5,8-9,11-12,14,20H,6-7,10H2,1-3H3,(H,21,23)(H2,19,22,24,25)/t11-,12+/m0/s1. The summed E-state index contributed by atoms with van der Waals surface area (Å²) >= 11 is 0. The van der Waals surface area contributed by atoms with E-state index in [4.69, 9.17) is 4.74 Å². The second kappa shape index (κ2) is 9.19. The highest BCUT2D eigenvalue weighted by Crippen LogP contribution is 2.19. The first kappa shape index (κ1) is 19.7. The molecule has 1 aliphatic rings. The molecule has 0 saturated heterocycles. The minimum Gasteiger partial charge on any atom is -0.484 e. The van der Waals surface area contributed by atoms with Crippen LogP contribution in [0.2, 0.25) is 0 Å². The number of urea groups is 1. The maximum atomic E-state index is 11.9. The van der Waals surface area contributed by atoms with Crippen LogP contribution in [0.5, 0.6) is 5.75 Å². The van der Waals surface area contributed by atoms with E-state index in [9.17, 15) is 14.4 Å². The third kappa shape index (κ3) is 6.36. The van der Waals surface area contributed by atoms with Gasteiger partial charge in [0.25, 0.3) is 5.91 Å². The van der Waals surface area contributed by atoms with Crippen molar-refractivity contribution in [2.24, 2.45) is 0 Å². The van der Waals surface area contributed by atoms with E-state index in [-0.39, 0.29) is 18.6 Å². The number of rotatable bonds is 8. The van der Waals surface area contributed by atoms with Gasteiger partial charge in [0.05, 0.1) is 6.04 Å². The summed E-state index contributed by atoms with van der Waals surface area (Å²) < 4.78 is 5.47. The molecule has 142 valence electrons. The number of amides is 4. The van der Waals surface area contributed by atoms with Crippen molar-refractivity contribution in [2.45, 2.75) is 44.8 Å². The fourth-order valence-corrected chi connectivity index (χ4v) is 2.33. The van der Waals surface area contributed by atoms with Crippen LogP contribution in [0.25, 0.3) is 0 Å². The lowest BCUT2D eigenvalue weighted by atomic mass is 10.1. The van der Waals surface area contributed by atoms with Crippen LogP contribution in [-0.4, -0.2) is 43.6 Å². The van der Waals surface area contributed by atoms with Gasteiger partial charge < -0.3 is 15.4 Å². The lowest BCUT2D eigenvalue weighted by Crippen LogP contribution is -2.47. The van der Waals surface area contributed by atoms with Crippen molar-refractivity contribution in [1.29, 1.82) is 0 Å². The first-order chi connectivity index (χ1) is 12.4. The van der Waals surface area contributed by atoms with Gasteiger partial charge in [0.15, 0.2) is 6.61 Å². The summed E-state index contributed by atoms with van der Waals surface area (Å²) in [4.78, 5) is 34.7. The summed E-state index contributed by atoms with van der Waals surface area (Å²) in [6, 6.07) is 6.45. The van der Waals surface area contributed by atoms with E-state index in [1.54, 1.807) is 19.1 Å². The Morgan fingerprint density at radius 1 is 1.15 bits per heavy atom. The molecule has 8 heteroatoms. The van der Waals surface area contributed by atoms with E-state index < -0.39 is 18.0 Å². The topological polar surface area (TPSA) is 109 Å². The van der Waals surface area contributed by atoms with Crippen molar-refractivity contribution < 1.29 is 19.1 Å². The monoisotopic (exact) mass is 362 g/mol. The molecule has 1 saturated carbocycles. The molecule has 8 nitrogen and oxygen atoms in total. The first-order valence-electron chi connectivity index (χ1n) is 8.69. The Bertz CT molecular complexity index is 643. The summed E-state index contributed by atoms with van der Waals surface area (Å²) in [5, 5.41) is 10.6. The van der Waals surface area contributed by atoms with Crippen LogP contribution in [0.4, 0.5) is 4.79 Å².